The Hall–Kier alpha value is -2.64. The monoisotopic (exact) mass is 398 g/mol. The van der Waals surface area contributed by atoms with Crippen molar-refractivity contribution in [2.24, 2.45) is 5.16 Å². The van der Waals surface area contributed by atoms with Gasteiger partial charge in [0.2, 0.25) is 0 Å². The molecule has 1 N–H and O–H groups in total. The Balaban J connectivity index is 1.95. The van der Waals surface area contributed by atoms with E-state index < -0.39 is 10.1 Å². The number of hydrogen-bond donors (Lipinski definition) is 1. The lowest BCUT2D eigenvalue weighted by Crippen LogP contribution is -2.05. The minimum Gasteiger partial charge on any atom is -0.308 e. The van der Waals surface area contributed by atoms with Gasteiger partial charge in [-0.25, -0.2) is 0 Å². The van der Waals surface area contributed by atoms with Crippen LogP contribution in [-0.4, -0.2) is 19.7 Å². The number of oxime groups is 1. The molecule has 0 atom stereocenters. The van der Waals surface area contributed by atoms with Crippen molar-refractivity contribution in [3.05, 3.63) is 82.3 Å². The predicted octanol–water partition coefficient (Wildman–Crippen LogP) is 4.69. The van der Waals surface area contributed by atoms with Gasteiger partial charge in [0.15, 0.2) is 0 Å². The first-order chi connectivity index (χ1) is 12.9. The number of nitrogens with one attached hydrogen (secondary N) is 1. The Kier molecular flexibility index (Phi) is 5.62. The van der Waals surface area contributed by atoms with E-state index in [4.69, 9.17) is 9.69 Å². The predicted molar refractivity (Wildman–Crippen MR) is 110 cm³/mol. The van der Waals surface area contributed by atoms with E-state index in [-0.39, 0.29) is 4.90 Å². The quantitative estimate of drug-likeness (QED) is 0.585. The maximum absolute atomic E-state index is 12.4. The topological polar surface area (TPSA) is 79.6 Å². The van der Waals surface area contributed by atoms with Gasteiger partial charge in [0.05, 0.1) is 0 Å². The van der Waals surface area contributed by atoms with Crippen molar-refractivity contribution in [3.63, 3.8) is 0 Å². The van der Waals surface area contributed by atoms with Crippen LogP contribution in [0.25, 0.3) is 5.57 Å². The van der Waals surface area contributed by atoms with E-state index in [1.165, 1.54) is 30.1 Å². The van der Waals surface area contributed by atoms with Crippen LogP contribution in [0, 0.1) is 19.3 Å². The zero-order valence-electron chi connectivity index (χ0n) is 14.8. The zero-order valence-corrected chi connectivity index (χ0v) is 16.5. The Morgan fingerprint density at radius 3 is 2.48 bits per heavy atom. The van der Waals surface area contributed by atoms with E-state index in [9.17, 15) is 8.42 Å². The van der Waals surface area contributed by atoms with Crippen LogP contribution in [0.5, 0.6) is 0 Å². The molecule has 1 heterocycles. The van der Waals surface area contributed by atoms with E-state index >= 15 is 0 Å². The average Bonchev–Trinajstić information content (AvgIpc) is 3.11. The molecule has 1 aliphatic rings. The fraction of sp³-hybridized carbons (Fsp3) is 0.100. The first kappa shape index (κ1) is 19.1. The van der Waals surface area contributed by atoms with Gasteiger partial charge in [-0.15, -0.1) is 0 Å². The second-order valence-corrected chi connectivity index (χ2v) is 8.37. The van der Waals surface area contributed by atoms with Gasteiger partial charge in [-0.1, -0.05) is 58.9 Å². The first-order valence-corrected chi connectivity index (χ1v) is 10.4. The molecule has 27 heavy (non-hydrogen) atoms. The molecule has 1 aliphatic heterocycles. The molecule has 0 saturated heterocycles. The van der Waals surface area contributed by atoms with Crippen molar-refractivity contribution in [1.29, 1.82) is 5.41 Å². The molecule has 0 amide bonds. The van der Waals surface area contributed by atoms with Crippen LogP contribution in [0.4, 0.5) is 0 Å². The summed E-state index contributed by atoms with van der Waals surface area (Å²) in [6, 6.07) is 14.1. The van der Waals surface area contributed by atoms with Gasteiger partial charge < -0.3 is 5.41 Å². The molecule has 0 fully saturated rings. The number of rotatable bonds is 5. The molecular formula is C20H18N2O3S2. The van der Waals surface area contributed by atoms with Crippen LogP contribution in [0.15, 0.2) is 75.6 Å². The first-order valence-electron chi connectivity index (χ1n) is 8.15. The minimum absolute atomic E-state index is 0.0464. The van der Waals surface area contributed by atoms with Crippen LogP contribution >= 0.6 is 11.8 Å². The van der Waals surface area contributed by atoms with Gasteiger partial charge >= 0.3 is 10.1 Å². The summed E-state index contributed by atoms with van der Waals surface area (Å²) in [5, 5.41) is 13.9. The largest absolute Gasteiger partial charge is 0.358 e. The molecule has 0 unspecified atom stereocenters. The average molecular weight is 399 g/mol. The Labute approximate surface area is 163 Å². The van der Waals surface area contributed by atoms with Gasteiger partial charge in [0.1, 0.15) is 9.94 Å². The molecule has 0 saturated carbocycles. The van der Waals surface area contributed by atoms with Crippen LogP contribution in [-0.2, 0) is 14.4 Å². The molecule has 0 spiro atoms. The summed E-state index contributed by atoms with van der Waals surface area (Å²) in [6.07, 6.45) is 3.05. The molecule has 3 rings (SSSR count). The van der Waals surface area contributed by atoms with Crippen LogP contribution in [0.3, 0.4) is 0 Å². The summed E-state index contributed by atoms with van der Waals surface area (Å²) in [4.78, 5) is 0.0464. The van der Waals surface area contributed by atoms with E-state index in [0.29, 0.717) is 16.2 Å². The molecule has 0 aliphatic carbocycles. The van der Waals surface area contributed by atoms with E-state index in [1.807, 2.05) is 38.1 Å². The van der Waals surface area contributed by atoms with Crippen molar-refractivity contribution in [2.45, 2.75) is 18.7 Å². The maximum Gasteiger partial charge on any atom is 0.358 e. The number of thioether (sulfide) groups is 1. The number of nitrogens with zero attached hydrogens (tertiary/aromatic N) is 1. The molecule has 2 aromatic carbocycles. The summed E-state index contributed by atoms with van der Waals surface area (Å²) in [5.74, 6) is 0. The highest BCUT2D eigenvalue weighted by Gasteiger charge is 2.21. The summed E-state index contributed by atoms with van der Waals surface area (Å²) in [5.41, 5.74) is 4.17. The van der Waals surface area contributed by atoms with Crippen LogP contribution in [0.1, 0.15) is 16.7 Å². The smallest absolute Gasteiger partial charge is 0.308 e. The summed E-state index contributed by atoms with van der Waals surface area (Å²) < 4.78 is 29.6. The van der Waals surface area contributed by atoms with Crippen molar-refractivity contribution < 1.29 is 12.7 Å². The Morgan fingerprint density at radius 2 is 1.81 bits per heavy atom. The lowest BCUT2D eigenvalue weighted by molar-refractivity contribution is 0.340. The Bertz CT molecular complexity index is 1070. The third-order valence-electron chi connectivity index (χ3n) is 4.04. The third-order valence-corrected chi connectivity index (χ3v) is 5.95. The number of hydrogen-bond acceptors (Lipinski definition) is 6. The number of benzene rings is 2. The lowest BCUT2D eigenvalue weighted by Gasteiger charge is -2.09. The third kappa shape index (κ3) is 4.20. The van der Waals surface area contributed by atoms with Crippen molar-refractivity contribution >= 4 is 38.7 Å². The van der Waals surface area contributed by atoms with Crippen molar-refractivity contribution in [2.75, 3.05) is 0 Å². The summed E-state index contributed by atoms with van der Waals surface area (Å²) in [6.45, 7) is 3.83. The SMILES string of the molecule is Cc1ccc(S(=O)(=O)ON=C2SC=CC2=C(C=N)c2ccccc2C)cc1. The second-order valence-electron chi connectivity index (χ2n) is 5.95. The number of aryl methyl sites for hydroxylation is 2. The van der Waals surface area contributed by atoms with Gasteiger partial charge in [0, 0.05) is 17.4 Å². The molecule has 0 radical (unpaired) electrons. The maximum atomic E-state index is 12.4. The molecular weight excluding hydrogens is 380 g/mol. The standard InChI is InChI=1S/C20H18N2O3S2/c1-14-7-9-16(10-8-14)27(23,24)25-22-20-18(11-12-26-20)19(13-21)17-6-4-3-5-15(17)2/h3-13,21H,1-2H3. The minimum atomic E-state index is -4.00. The molecule has 5 nitrogen and oxygen atoms in total. The van der Waals surface area contributed by atoms with Gasteiger partial charge in [-0.05, 0) is 48.6 Å². The molecule has 138 valence electrons. The highest BCUT2D eigenvalue weighted by Crippen LogP contribution is 2.31. The summed E-state index contributed by atoms with van der Waals surface area (Å²) >= 11 is 1.25. The normalized spacial score (nSPS) is 17.2. The van der Waals surface area contributed by atoms with Crippen molar-refractivity contribution in [3.8, 4) is 0 Å². The van der Waals surface area contributed by atoms with Gasteiger partial charge in [0.25, 0.3) is 0 Å². The Morgan fingerprint density at radius 1 is 1.11 bits per heavy atom. The van der Waals surface area contributed by atoms with E-state index in [1.54, 1.807) is 23.6 Å². The van der Waals surface area contributed by atoms with Crippen molar-refractivity contribution in [1.82, 2.24) is 0 Å². The fourth-order valence-electron chi connectivity index (χ4n) is 2.58. The van der Waals surface area contributed by atoms with E-state index in [2.05, 4.69) is 5.16 Å². The lowest BCUT2D eigenvalue weighted by atomic mass is 9.97. The summed E-state index contributed by atoms with van der Waals surface area (Å²) in [7, 11) is -4.00. The van der Waals surface area contributed by atoms with Crippen LogP contribution < -0.4 is 0 Å². The molecule has 0 bridgehead atoms. The van der Waals surface area contributed by atoms with Gasteiger partial charge in [-0.2, -0.15) is 8.42 Å². The molecule has 0 aromatic heterocycles. The van der Waals surface area contributed by atoms with Gasteiger partial charge in [-0.3, -0.25) is 4.28 Å². The number of allylic oxidation sites excluding steroid dienone is 2. The fourth-order valence-corrected chi connectivity index (χ4v) is 4.08. The van der Waals surface area contributed by atoms with Crippen LogP contribution in [0.2, 0.25) is 0 Å². The second kappa shape index (κ2) is 7.94. The molecule has 2 aromatic rings. The molecule has 7 heteroatoms. The van der Waals surface area contributed by atoms with E-state index in [0.717, 1.165) is 16.7 Å². The highest BCUT2D eigenvalue weighted by molar-refractivity contribution is 8.17. The highest BCUT2D eigenvalue weighted by atomic mass is 32.2. The zero-order chi connectivity index (χ0) is 19.4.